The van der Waals surface area contributed by atoms with E-state index in [1.807, 2.05) is 23.1 Å². The SMILES string of the molecule is CN1CC(C(=O)O)CN(Cc2ccccn2)CC1=O. The van der Waals surface area contributed by atoms with Crippen molar-refractivity contribution in [1.82, 2.24) is 14.8 Å². The summed E-state index contributed by atoms with van der Waals surface area (Å²) >= 11 is 0. The second-order valence-corrected chi connectivity index (χ2v) is 4.80. The molecule has 6 heteroatoms. The van der Waals surface area contributed by atoms with E-state index >= 15 is 0 Å². The molecule has 0 aliphatic carbocycles. The highest BCUT2D eigenvalue weighted by Crippen LogP contribution is 2.12. The van der Waals surface area contributed by atoms with Crippen LogP contribution in [0.25, 0.3) is 0 Å². The fourth-order valence-corrected chi connectivity index (χ4v) is 2.18. The molecule has 1 unspecified atom stereocenters. The Morgan fingerprint density at radius 3 is 2.89 bits per heavy atom. The molecule has 1 amide bonds. The van der Waals surface area contributed by atoms with Gasteiger partial charge in [0.2, 0.25) is 5.91 Å². The monoisotopic (exact) mass is 263 g/mol. The Balaban J connectivity index is 2.10. The molecule has 1 atom stereocenters. The standard InChI is InChI=1S/C13H17N3O3/c1-15-6-10(13(18)19)7-16(9-12(15)17)8-11-4-2-3-5-14-11/h2-5,10H,6-9H2,1H3,(H,18,19). The van der Waals surface area contributed by atoms with Gasteiger partial charge in [0.15, 0.2) is 0 Å². The largest absolute Gasteiger partial charge is 0.481 e. The summed E-state index contributed by atoms with van der Waals surface area (Å²) in [6, 6.07) is 5.57. The van der Waals surface area contributed by atoms with Crippen LogP contribution in [-0.2, 0) is 16.1 Å². The molecule has 102 valence electrons. The number of hydrogen-bond donors (Lipinski definition) is 1. The van der Waals surface area contributed by atoms with Crippen LogP contribution in [0.2, 0.25) is 0 Å². The van der Waals surface area contributed by atoms with E-state index in [2.05, 4.69) is 4.98 Å². The van der Waals surface area contributed by atoms with Crippen molar-refractivity contribution in [2.24, 2.45) is 5.92 Å². The third-order valence-corrected chi connectivity index (χ3v) is 3.22. The van der Waals surface area contributed by atoms with Crippen LogP contribution in [0.3, 0.4) is 0 Å². The number of aromatic nitrogens is 1. The fraction of sp³-hybridized carbons (Fsp3) is 0.462. The molecule has 0 saturated carbocycles. The Hall–Kier alpha value is -1.95. The number of carboxylic acid groups (broad SMARTS) is 1. The van der Waals surface area contributed by atoms with E-state index in [4.69, 9.17) is 0 Å². The maximum atomic E-state index is 11.9. The Kier molecular flexibility index (Phi) is 4.11. The number of amides is 1. The smallest absolute Gasteiger partial charge is 0.309 e. The van der Waals surface area contributed by atoms with Crippen LogP contribution in [0, 0.1) is 5.92 Å². The summed E-state index contributed by atoms with van der Waals surface area (Å²) in [6.45, 7) is 1.34. The Labute approximate surface area is 111 Å². The van der Waals surface area contributed by atoms with Crippen LogP contribution < -0.4 is 0 Å². The molecule has 1 aliphatic rings. The summed E-state index contributed by atoms with van der Waals surface area (Å²) < 4.78 is 0. The number of hydrogen-bond acceptors (Lipinski definition) is 4. The summed E-state index contributed by atoms with van der Waals surface area (Å²) in [6.07, 6.45) is 1.69. The third-order valence-electron chi connectivity index (χ3n) is 3.22. The van der Waals surface area contributed by atoms with Crippen molar-refractivity contribution in [3.05, 3.63) is 30.1 Å². The minimum Gasteiger partial charge on any atom is -0.481 e. The van der Waals surface area contributed by atoms with Crippen molar-refractivity contribution in [3.63, 3.8) is 0 Å². The maximum absolute atomic E-state index is 11.9. The van der Waals surface area contributed by atoms with Crippen LogP contribution in [0.1, 0.15) is 5.69 Å². The Bertz CT molecular complexity index is 463. The van der Waals surface area contributed by atoms with Gasteiger partial charge in [-0.2, -0.15) is 0 Å². The summed E-state index contributed by atoms with van der Waals surface area (Å²) in [4.78, 5) is 30.6. The highest BCUT2D eigenvalue weighted by molar-refractivity contribution is 5.80. The van der Waals surface area contributed by atoms with Gasteiger partial charge in [0, 0.05) is 32.9 Å². The van der Waals surface area contributed by atoms with Crippen molar-refractivity contribution in [2.45, 2.75) is 6.54 Å². The van der Waals surface area contributed by atoms with Crippen LogP contribution >= 0.6 is 0 Å². The van der Waals surface area contributed by atoms with Crippen molar-refractivity contribution >= 4 is 11.9 Å². The normalized spacial score (nSPS) is 21.2. The molecular weight excluding hydrogens is 246 g/mol. The molecule has 0 spiro atoms. The van der Waals surface area contributed by atoms with Crippen molar-refractivity contribution in [2.75, 3.05) is 26.7 Å². The van der Waals surface area contributed by atoms with Gasteiger partial charge in [-0.1, -0.05) is 6.07 Å². The quantitative estimate of drug-likeness (QED) is 0.834. The molecule has 19 heavy (non-hydrogen) atoms. The topological polar surface area (TPSA) is 73.7 Å². The van der Waals surface area contributed by atoms with Gasteiger partial charge in [-0.05, 0) is 12.1 Å². The van der Waals surface area contributed by atoms with Gasteiger partial charge >= 0.3 is 5.97 Å². The average molecular weight is 263 g/mol. The number of likely N-dealkylation sites (N-methyl/N-ethyl adjacent to an activating group) is 1. The predicted molar refractivity (Wildman–Crippen MR) is 68.3 cm³/mol. The first-order valence-electron chi connectivity index (χ1n) is 6.15. The first kappa shape index (κ1) is 13.5. The third kappa shape index (κ3) is 3.51. The highest BCUT2D eigenvalue weighted by Gasteiger charge is 2.29. The molecule has 1 saturated heterocycles. The van der Waals surface area contributed by atoms with E-state index < -0.39 is 11.9 Å². The lowest BCUT2D eigenvalue weighted by molar-refractivity contribution is -0.142. The Morgan fingerprint density at radius 2 is 2.26 bits per heavy atom. The Morgan fingerprint density at radius 1 is 1.47 bits per heavy atom. The predicted octanol–water partition coefficient (Wildman–Crippen LogP) is 0.0564. The molecule has 1 aromatic heterocycles. The molecule has 0 bridgehead atoms. The molecule has 1 fully saturated rings. The highest BCUT2D eigenvalue weighted by atomic mass is 16.4. The van der Waals surface area contributed by atoms with Crippen LogP contribution in [0.4, 0.5) is 0 Å². The minimum absolute atomic E-state index is 0.0559. The lowest BCUT2D eigenvalue weighted by Crippen LogP contribution is -2.34. The van der Waals surface area contributed by atoms with E-state index in [9.17, 15) is 14.7 Å². The van der Waals surface area contributed by atoms with E-state index in [0.29, 0.717) is 13.1 Å². The zero-order valence-electron chi connectivity index (χ0n) is 10.8. The van der Waals surface area contributed by atoms with E-state index in [1.54, 1.807) is 13.2 Å². The van der Waals surface area contributed by atoms with E-state index in [-0.39, 0.29) is 19.0 Å². The lowest BCUT2D eigenvalue weighted by Gasteiger charge is -2.20. The number of rotatable bonds is 3. The van der Waals surface area contributed by atoms with Gasteiger partial charge in [-0.15, -0.1) is 0 Å². The van der Waals surface area contributed by atoms with Crippen molar-refractivity contribution < 1.29 is 14.7 Å². The average Bonchev–Trinajstić information content (AvgIpc) is 2.51. The van der Waals surface area contributed by atoms with Crippen molar-refractivity contribution in [3.8, 4) is 0 Å². The molecule has 1 N–H and O–H groups in total. The number of aliphatic carboxylic acids is 1. The minimum atomic E-state index is -0.868. The summed E-state index contributed by atoms with van der Waals surface area (Å²) in [5.74, 6) is -1.48. The van der Waals surface area contributed by atoms with Gasteiger partial charge in [-0.3, -0.25) is 19.5 Å². The number of pyridine rings is 1. The second kappa shape index (κ2) is 5.79. The van der Waals surface area contributed by atoms with Crippen molar-refractivity contribution in [1.29, 1.82) is 0 Å². The fourth-order valence-electron chi connectivity index (χ4n) is 2.18. The van der Waals surface area contributed by atoms with Gasteiger partial charge < -0.3 is 10.0 Å². The van der Waals surface area contributed by atoms with Gasteiger partial charge in [0.05, 0.1) is 18.2 Å². The summed E-state index contributed by atoms with van der Waals surface area (Å²) in [7, 11) is 1.64. The number of carbonyl (C=O) groups is 2. The number of carbonyl (C=O) groups excluding carboxylic acids is 1. The van der Waals surface area contributed by atoms with Crippen LogP contribution in [-0.4, -0.2) is 58.4 Å². The number of carboxylic acids is 1. The zero-order valence-corrected chi connectivity index (χ0v) is 10.8. The molecule has 6 nitrogen and oxygen atoms in total. The molecule has 2 rings (SSSR count). The van der Waals surface area contributed by atoms with E-state index in [0.717, 1.165) is 5.69 Å². The van der Waals surface area contributed by atoms with Gasteiger partial charge in [-0.25, -0.2) is 0 Å². The van der Waals surface area contributed by atoms with E-state index in [1.165, 1.54) is 4.90 Å². The maximum Gasteiger partial charge on any atom is 0.309 e. The molecule has 0 radical (unpaired) electrons. The lowest BCUT2D eigenvalue weighted by atomic mass is 10.1. The second-order valence-electron chi connectivity index (χ2n) is 4.80. The zero-order chi connectivity index (χ0) is 13.8. The molecule has 0 aromatic carbocycles. The number of nitrogens with zero attached hydrogens (tertiary/aromatic N) is 3. The van der Waals surface area contributed by atoms with Gasteiger partial charge in [0.25, 0.3) is 0 Å². The summed E-state index contributed by atoms with van der Waals surface area (Å²) in [5, 5.41) is 9.17. The van der Waals surface area contributed by atoms with Crippen LogP contribution in [0.15, 0.2) is 24.4 Å². The molecule has 2 heterocycles. The van der Waals surface area contributed by atoms with Crippen LogP contribution in [0.5, 0.6) is 0 Å². The first-order valence-corrected chi connectivity index (χ1v) is 6.15. The molecule has 1 aromatic rings. The molecule has 1 aliphatic heterocycles. The first-order chi connectivity index (χ1) is 9.06. The summed E-state index contributed by atoms with van der Waals surface area (Å²) in [5.41, 5.74) is 0.837. The van der Waals surface area contributed by atoms with Gasteiger partial charge in [0.1, 0.15) is 0 Å². The molecular formula is C13H17N3O3.